The molecule has 0 atom stereocenters. The fourth-order valence-electron chi connectivity index (χ4n) is 0. The van der Waals surface area contributed by atoms with Crippen molar-refractivity contribution in [2.24, 2.45) is 0 Å². The predicted octanol–water partition coefficient (Wildman–Crippen LogP) is -2.60. The van der Waals surface area contributed by atoms with Crippen molar-refractivity contribution in [3.63, 3.8) is 0 Å². The van der Waals surface area contributed by atoms with Gasteiger partial charge in [-0.05, 0) is 0 Å². The van der Waals surface area contributed by atoms with Gasteiger partial charge in [0.25, 0.3) is 0 Å². The monoisotopic (exact) mass is 358 g/mol. The van der Waals surface area contributed by atoms with Gasteiger partial charge < -0.3 is 0 Å². The zero-order valence-corrected chi connectivity index (χ0v) is 2.94. The van der Waals surface area contributed by atoms with Gasteiger partial charge >= 0.3 is 189 Å². The van der Waals surface area contributed by atoms with E-state index in [1.807, 2.05) is 0 Å². The molecule has 0 rings (SSSR count). The summed E-state index contributed by atoms with van der Waals surface area (Å²) in [6.45, 7) is 0. The van der Waals surface area contributed by atoms with Crippen LogP contribution >= 0.6 is 0 Å². The van der Waals surface area contributed by atoms with E-state index in [2.05, 4.69) is 0 Å². The van der Waals surface area contributed by atoms with E-state index in [9.17, 15) is 0 Å². The summed E-state index contributed by atoms with van der Waals surface area (Å²) in [5.74, 6) is 0. The number of hydrogen-bond acceptors (Lipinski definition) is 2. The molecular formula is H5CsKO4RbS. The third kappa shape index (κ3) is 42.4. The van der Waals surface area contributed by atoms with E-state index in [1.54, 1.807) is 0 Å². The molecule has 0 aliphatic rings. The Labute approximate surface area is 199 Å². The number of hydrogen-bond donors (Lipinski definition) is 2. The van der Waals surface area contributed by atoms with Gasteiger partial charge in [0.05, 0.1) is 0 Å². The molecule has 8 heavy (non-hydrogen) atoms. The van der Waals surface area contributed by atoms with Crippen LogP contribution in [0.25, 0.3) is 0 Å². The van der Waals surface area contributed by atoms with E-state index in [0.717, 1.165) is 0 Å². The summed E-state index contributed by atoms with van der Waals surface area (Å²) in [4.78, 5) is 0. The maximum atomic E-state index is 8.74. The molecule has 0 bridgehead atoms. The molecule has 0 aromatic heterocycles. The molecule has 0 aromatic rings. The van der Waals surface area contributed by atoms with E-state index in [1.165, 1.54) is 0 Å². The van der Waals surface area contributed by atoms with Gasteiger partial charge in [-0.2, -0.15) is 8.42 Å². The van der Waals surface area contributed by atoms with E-state index in [0.29, 0.717) is 0 Å². The second-order valence-electron chi connectivity index (χ2n) is 0.448. The summed E-state index contributed by atoms with van der Waals surface area (Å²) in [6, 6.07) is 0. The molecule has 8 heteroatoms. The summed E-state index contributed by atoms with van der Waals surface area (Å²) < 4.78 is 31.6. The molecule has 0 heterocycles. The van der Waals surface area contributed by atoms with Crippen molar-refractivity contribution in [2.45, 2.75) is 0 Å². The maximum absolute atomic E-state index is 8.74. The van der Waals surface area contributed by atoms with Crippen molar-refractivity contribution >= 4 is 189 Å². The molecule has 0 saturated heterocycles. The topological polar surface area (TPSA) is 74.6 Å². The first kappa shape index (κ1) is 23.3. The van der Waals surface area contributed by atoms with Crippen LogP contribution in [-0.4, -0.2) is 196 Å². The van der Waals surface area contributed by atoms with Crippen LogP contribution in [0.1, 0.15) is 0 Å². The molecule has 4 nitrogen and oxygen atoms in total. The van der Waals surface area contributed by atoms with Crippen molar-refractivity contribution in [3.8, 4) is 0 Å². The number of rotatable bonds is 0. The van der Waals surface area contributed by atoms with Crippen LogP contribution in [0.2, 0.25) is 0 Å². The second-order valence-corrected chi connectivity index (χ2v) is 1.34. The molecule has 0 unspecified atom stereocenters. The average Bonchev–Trinajstić information content (AvgIpc) is 0.722. The Morgan fingerprint density at radius 1 is 1.12 bits per heavy atom. The van der Waals surface area contributed by atoms with E-state index in [-0.39, 0.29) is 178 Å². The average molecular weight is 359 g/mol. The van der Waals surface area contributed by atoms with E-state index >= 15 is 0 Å². The van der Waals surface area contributed by atoms with E-state index in [4.69, 9.17) is 17.5 Å². The Hall–Kier alpha value is 5.36. The van der Waals surface area contributed by atoms with Crippen molar-refractivity contribution in [3.05, 3.63) is 0 Å². The van der Waals surface area contributed by atoms with Crippen molar-refractivity contribution in [1.29, 1.82) is 0 Å². The molecule has 0 radical (unpaired) electrons. The first-order chi connectivity index (χ1) is 2.00. The van der Waals surface area contributed by atoms with Crippen LogP contribution in [-0.2, 0) is 10.4 Å². The van der Waals surface area contributed by atoms with Gasteiger partial charge in [-0.25, -0.2) is 0 Å². The first-order valence-electron chi connectivity index (χ1n) is 0.698. The molecule has 0 amide bonds. The van der Waals surface area contributed by atoms with Gasteiger partial charge in [-0.1, -0.05) is 0 Å². The molecule has 38 valence electrons. The molecule has 0 spiro atoms. The van der Waals surface area contributed by atoms with Crippen molar-refractivity contribution < 1.29 is 17.5 Å². The van der Waals surface area contributed by atoms with Crippen LogP contribution in [0.3, 0.4) is 0 Å². The van der Waals surface area contributed by atoms with Crippen LogP contribution in [0.4, 0.5) is 0 Å². The van der Waals surface area contributed by atoms with Gasteiger partial charge in [-0.15, -0.1) is 0 Å². The fraction of sp³-hybridized carbons (Fsp3) is 0. The molecule has 0 aliphatic carbocycles. The quantitative estimate of drug-likeness (QED) is 0.368. The summed E-state index contributed by atoms with van der Waals surface area (Å²) in [6.07, 6.45) is 0. The van der Waals surface area contributed by atoms with Crippen LogP contribution < -0.4 is 0 Å². The zero-order chi connectivity index (χ0) is 4.50. The summed E-state index contributed by atoms with van der Waals surface area (Å²) in [7, 11) is -4.67. The van der Waals surface area contributed by atoms with Gasteiger partial charge in [0.2, 0.25) is 0 Å². The fourth-order valence-corrected chi connectivity index (χ4v) is 0. The minimum atomic E-state index is -4.67. The minimum absolute atomic E-state index is 0. The molecule has 0 saturated carbocycles. The van der Waals surface area contributed by atoms with Gasteiger partial charge in [-0.3, -0.25) is 9.11 Å². The van der Waals surface area contributed by atoms with Crippen LogP contribution in [0, 0.1) is 0 Å². The molecule has 0 fully saturated rings. The molecule has 2 N–H and O–H groups in total. The van der Waals surface area contributed by atoms with Crippen LogP contribution in [0.15, 0.2) is 0 Å². The zero-order valence-electron chi connectivity index (χ0n) is 2.12. The Kier molecular flexibility index (Phi) is 36.0. The first-order valence-corrected chi connectivity index (χ1v) is 2.10. The van der Waals surface area contributed by atoms with Gasteiger partial charge in [0.15, 0.2) is 0 Å². The Balaban J connectivity index is -0.0000000267. The Morgan fingerprint density at radius 2 is 1.12 bits per heavy atom. The standard InChI is InChI=1S/Cs.K.H2O4S.Rb.3H/c;;1-5(2,3)4;;;;/h;;(H2,1,2,3,4);;;;. The SMILES string of the molecule is O=S(=O)(O)O.[CsH].[KH].[RbH]. The van der Waals surface area contributed by atoms with Crippen molar-refractivity contribution in [2.75, 3.05) is 0 Å². The van der Waals surface area contributed by atoms with Crippen LogP contribution in [0.5, 0.6) is 0 Å². The van der Waals surface area contributed by atoms with Crippen molar-refractivity contribution in [1.82, 2.24) is 0 Å². The third-order valence-electron chi connectivity index (χ3n) is 0. The Bertz CT molecular complexity index is 99.2. The van der Waals surface area contributed by atoms with E-state index < -0.39 is 10.4 Å². The molecule has 0 aliphatic heterocycles. The summed E-state index contributed by atoms with van der Waals surface area (Å²) in [5, 5.41) is 0. The second kappa shape index (κ2) is 12.4. The molecule has 0 aromatic carbocycles. The third-order valence-corrected chi connectivity index (χ3v) is 0. The Morgan fingerprint density at radius 3 is 1.12 bits per heavy atom. The summed E-state index contributed by atoms with van der Waals surface area (Å²) in [5.41, 5.74) is 0. The molecular weight excluding hydrogens is 354 g/mol. The normalized spacial score (nSPS) is 7.25. The van der Waals surface area contributed by atoms with Gasteiger partial charge in [0.1, 0.15) is 0 Å². The summed E-state index contributed by atoms with van der Waals surface area (Å²) >= 11 is 0. The predicted molar refractivity (Wildman–Crippen MR) is 35.6 cm³/mol. The van der Waals surface area contributed by atoms with Gasteiger partial charge in [0, 0.05) is 0 Å².